The van der Waals surface area contributed by atoms with E-state index in [0.717, 1.165) is 31.1 Å². The summed E-state index contributed by atoms with van der Waals surface area (Å²) in [5.41, 5.74) is 8.03. The number of aliphatic hydroxyl groups excluding tert-OH is 1. The van der Waals surface area contributed by atoms with E-state index < -0.39 is 0 Å². The van der Waals surface area contributed by atoms with Crippen LogP contribution >= 0.6 is 23.4 Å². The molecule has 0 radical (unpaired) electrons. The molecule has 3 rings (SSSR count). The second-order valence-electron chi connectivity index (χ2n) is 8.17. The van der Waals surface area contributed by atoms with Crippen molar-refractivity contribution in [1.29, 1.82) is 0 Å². The number of thioether (sulfide) groups is 1. The van der Waals surface area contributed by atoms with Gasteiger partial charge in [0.1, 0.15) is 0 Å². The van der Waals surface area contributed by atoms with Gasteiger partial charge in [-0.1, -0.05) is 23.7 Å². The number of anilines is 1. The van der Waals surface area contributed by atoms with Crippen molar-refractivity contribution in [2.24, 2.45) is 5.73 Å². The maximum atomic E-state index is 13.0. The van der Waals surface area contributed by atoms with Crippen molar-refractivity contribution in [1.82, 2.24) is 9.80 Å². The van der Waals surface area contributed by atoms with E-state index in [-0.39, 0.29) is 25.0 Å². The van der Waals surface area contributed by atoms with Crippen LogP contribution < -0.4 is 10.6 Å². The van der Waals surface area contributed by atoms with Gasteiger partial charge in [-0.05, 0) is 48.4 Å². The van der Waals surface area contributed by atoms with Crippen LogP contribution in [0.5, 0.6) is 0 Å². The fourth-order valence-electron chi connectivity index (χ4n) is 3.90. The fraction of sp³-hybridized carbons (Fsp3) is 0.440. The average Bonchev–Trinajstić information content (AvgIpc) is 2.87. The van der Waals surface area contributed by atoms with Crippen LogP contribution in [0.2, 0.25) is 5.02 Å². The lowest BCUT2D eigenvalue weighted by Crippen LogP contribution is -2.49. The van der Waals surface area contributed by atoms with Crippen LogP contribution in [0.4, 0.5) is 5.69 Å². The van der Waals surface area contributed by atoms with Crippen LogP contribution in [0, 0.1) is 0 Å². The number of nitrogens with two attached hydrogens (primary N) is 1. The zero-order valence-corrected chi connectivity index (χ0v) is 20.9. The second kappa shape index (κ2) is 13.7. The summed E-state index contributed by atoms with van der Waals surface area (Å²) in [6.45, 7) is 4.63. The minimum Gasteiger partial charge on any atom is -0.395 e. The number of rotatable bonds is 11. The largest absolute Gasteiger partial charge is 0.395 e. The van der Waals surface area contributed by atoms with Gasteiger partial charge in [0.2, 0.25) is 5.91 Å². The molecule has 0 bridgehead atoms. The second-order valence-corrected chi connectivity index (χ2v) is 9.71. The molecule has 0 saturated carbocycles. The van der Waals surface area contributed by atoms with Gasteiger partial charge >= 0.3 is 0 Å². The first-order valence-corrected chi connectivity index (χ1v) is 13.1. The molecule has 9 heteroatoms. The molecule has 0 atom stereocenters. The summed E-state index contributed by atoms with van der Waals surface area (Å²) in [5, 5.41) is 10.1. The number of hydrogen-bond acceptors (Lipinski definition) is 6. The van der Waals surface area contributed by atoms with Gasteiger partial charge in [0, 0.05) is 67.8 Å². The van der Waals surface area contributed by atoms with Crippen LogP contribution in [-0.4, -0.2) is 90.6 Å². The van der Waals surface area contributed by atoms with E-state index in [1.165, 1.54) is 17.3 Å². The Balaban J connectivity index is 1.50. The molecule has 0 spiro atoms. The molecule has 1 heterocycles. The third kappa shape index (κ3) is 7.71. The van der Waals surface area contributed by atoms with Crippen LogP contribution in [-0.2, 0) is 11.2 Å². The Morgan fingerprint density at radius 2 is 1.71 bits per heavy atom. The number of aliphatic hydroxyl groups is 1. The molecule has 0 unspecified atom stereocenters. The lowest BCUT2D eigenvalue weighted by molar-refractivity contribution is -0.116. The molecule has 1 fully saturated rings. The fourth-order valence-corrected chi connectivity index (χ4v) is 4.67. The van der Waals surface area contributed by atoms with Gasteiger partial charge in [-0.2, -0.15) is 11.8 Å². The highest BCUT2D eigenvalue weighted by molar-refractivity contribution is 7.99. The van der Waals surface area contributed by atoms with Crippen molar-refractivity contribution in [2.75, 3.05) is 68.8 Å². The molecule has 1 aliphatic heterocycles. The van der Waals surface area contributed by atoms with Crippen molar-refractivity contribution in [2.45, 2.75) is 6.42 Å². The van der Waals surface area contributed by atoms with E-state index >= 15 is 0 Å². The Morgan fingerprint density at radius 3 is 2.32 bits per heavy atom. The molecular weight excluding hydrogens is 472 g/mol. The lowest BCUT2D eigenvalue weighted by Gasteiger charge is -2.35. The third-order valence-corrected chi connectivity index (χ3v) is 7.06. The number of carbonyl (C=O) groups excluding carboxylic acids is 2. The number of hydrogen-bond donors (Lipinski definition) is 2. The zero-order chi connectivity index (χ0) is 24.3. The predicted molar refractivity (Wildman–Crippen MR) is 140 cm³/mol. The molecule has 2 aromatic rings. The Morgan fingerprint density at radius 1 is 1.03 bits per heavy atom. The highest BCUT2D eigenvalue weighted by atomic mass is 35.5. The molecule has 1 saturated heterocycles. The summed E-state index contributed by atoms with van der Waals surface area (Å²) in [5.74, 6) is 0.935. The number of amides is 2. The topological polar surface area (TPSA) is 90.1 Å². The van der Waals surface area contributed by atoms with Crippen LogP contribution in [0.15, 0.2) is 48.5 Å². The minimum atomic E-state index is -0.129. The maximum absolute atomic E-state index is 13.0. The van der Waals surface area contributed by atoms with Gasteiger partial charge in [0.25, 0.3) is 5.91 Å². The molecule has 34 heavy (non-hydrogen) atoms. The molecule has 0 aliphatic carbocycles. The highest BCUT2D eigenvalue weighted by Gasteiger charge is 2.22. The van der Waals surface area contributed by atoms with Crippen molar-refractivity contribution < 1.29 is 14.7 Å². The van der Waals surface area contributed by atoms with Gasteiger partial charge < -0.3 is 20.6 Å². The van der Waals surface area contributed by atoms with Crippen molar-refractivity contribution in [3.8, 4) is 0 Å². The summed E-state index contributed by atoms with van der Waals surface area (Å²) in [7, 11) is 0. The molecule has 184 valence electrons. The van der Waals surface area contributed by atoms with E-state index in [9.17, 15) is 14.7 Å². The third-order valence-electron chi connectivity index (χ3n) is 5.83. The number of benzene rings is 2. The van der Waals surface area contributed by atoms with Crippen LogP contribution in [0.25, 0.3) is 0 Å². The quantitative estimate of drug-likeness (QED) is 0.457. The Bertz CT molecular complexity index is 919. The van der Waals surface area contributed by atoms with E-state index in [1.54, 1.807) is 29.2 Å². The molecule has 1 aliphatic rings. The highest BCUT2D eigenvalue weighted by Crippen LogP contribution is 2.19. The summed E-state index contributed by atoms with van der Waals surface area (Å²) in [6, 6.07) is 15.0. The molecule has 2 amide bonds. The Kier molecular flexibility index (Phi) is 10.7. The van der Waals surface area contributed by atoms with Crippen molar-refractivity contribution >= 4 is 40.9 Å². The summed E-state index contributed by atoms with van der Waals surface area (Å²) < 4.78 is 0. The zero-order valence-electron chi connectivity index (χ0n) is 19.4. The van der Waals surface area contributed by atoms with E-state index in [4.69, 9.17) is 17.3 Å². The molecule has 2 aromatic carbocycles. The Labute approximate surface area is 210 Å². The monoisotopic (exact) mass is 504 g/mol. The summed E-state index contributed by atoms with van der Waals surface area (Å²) in [4.78, 5) is 31.3. The standard InChI is InChI=1S/C25H33ClN4O3S/c26-22-5-1-20(2-6-22)9-11-28-12-14-29(15-13-28)25(33)21-3-7-23(8-4-21)30(16-17-31)24(32)19-34-18-10-27/h1-8,31H,9-19,27H2. The number of halogens is 1. The van der Waals surface area contributed by atoms with Gasteiger partial charge in [-0.25, -0.2) is 0 Å². The van der Waals surface area contributed by atoms with E-state index in [1.807, 2.05) is 17.0 Å². The number of carbonyl (C=O) groups is 2. The van der Waals surface area contributed by atoms with Crippen molar-refractivity contribution in [3.63, 3.8) is 0 Å². The van der Waals surface area contributed by atoms with Gasteiger partial charge in [-0.15, -0.1) is 0 Å². The van der Waals surface area contributed by atoms with Gasteiger partial charge in [0.05, 0.1) is 12.4 Å². The molecule has 7 nitrogen and oxygen atoms in total. The normalized spacial score (nSPS) is 14.3. The van der Waals surface area contributed by atoms with Gasteiger partial charge in [0.15, 0.2) is 0 Å². The average molecular weight is 505 g/mol. The van der Waals surface area contributed by atoms with E-state index in [2.05, 4.69) is 17.0 Å². The minimum absolute atomic E-state index is 0.00226. The maximum Gasteiger partial charge on any atom is 0.253 e. The summed E-state index contributed by atoms with van der Waals surface area (Å²) >= 11 is 7.42. The Hall–Kier alpha value is -2.10. The number of nitrogens with zero attached hydrogens (tertiary/aromatic N) is 3. The first-order chi connectivity index (χ1) is 16.5. The van der Waals surface area contributed by atoms with Crippen LogP contribution in [0.1, 0.15) is 15.9 Å². The smallest absolute Gasteiger partial charge is 0.253 e. The van der Waals surface area contributed by atoms with Gasteiger partial charge in [-0.3, -0.25) is 14.5 Å². The van der Waals surface area contributed by atoms with Crippen LogP contribution in [0.3, 0.4) is 0 Å². The summed E-state index contributed by atoms with van der Waals surface area (Å²) in [6.07, 6.45) is 0.959. The molecular formula is C25H33ClN4O3S. The predicted octanol–water partition coefficient (Wildman–Crippen LogP) is 2.36. The lowest BCUT2D eigenvalue weighted by atomic mass is 10.1. The molecule has 0 aromatic heterocycles. The first kappa shape index (κ1) is 26.5. The number of piperazine rings is 1. The van der Waals surface area contributed by atoms with E-state index in [0.29, 0.717) is 42.4 Å². The molecule has 3 N–H and O–H groups in total. The SMILES string of the molecule is NCCSCC(=O)N(CCO)c1ccc(C(=O)N2CCN(CCc3ccc(Cl)cc3)CC2)cc1. The van der Waals surface area contributed by atoms with Crippen molar-refractivity contribution in [3.05, 3.63) is 64.7 Å². The first-order valence-electron chi connectivity index (χ1n) is 11.6.